The van der Waals surface area contributed by atoms with Crippen LogP contribution in [0.4, 0.5) is 0 Å². The topological polar surface area (TPSA) is 77.4 Å². The molecule has 2 aromatic carbocycles. The summed E-state index contributed by atoms with van der Waals surface area (Å²) in [5.41, 5.74) is 1.58. The molecular formula is C20H24N2O4S2. The Morgan fingerprint density at radius 1 is 1.18 bits per heavy atom. The van der Waals surface area contributed by atoms with Crippen LogP contribution in [0.5, 0.6) is 5.75 Å². The van der Waals surface area contributed by atoms with Gasteiger partial charge in [0.15, 0.2) is 0 Å². The molecule has 0 aliphatic rings. The zero-order valence-corrected chi connectivity index (χ0v) is 17.8. The molecule has 0 aliphatic carbocycles. The van der Waals surface area contributed by atoms with Crippen molar-refractivity contribution < 1.29 is 13.2 Å². The second kappa shape index (κ2) is 8.46. The fourth-order valence-corrected chi connectivity index (χ4v) is 4.99. The number of thiazole rings is 1. The number of benzene rings is 2. The highest BCUT2D eigenvalue weighted by Crippen LogP contribution is 2.22. The molecular weight excluding hydrogens is 396 g/mol. The minimum atomic E-state index is -3.70. The Kier molecular flexibility index (Phi) is 6.22. The third kappa shape index (κ3) is 4.63. The molecule has 0 amide bonds. The summed E-state index contributed by atoms with van der Waals surface area (Å²) in [5.74, 6) is 0.704. The molecule has 0 unspecified atom stereocenters. The van der Waals surface area contributed by atoms with Crippen LogP contribution in [0.15, 0.2) is 52.2 Å². The van der Waals surface area contributed by atoms with Gasteiger partial charge in [-0.25, -0.2) is 13.1 Å². The van der Waals surface area contributed by atoms with Gasteiger partial charge in [0.05, 0.1) is 21.2 Å². The molecule has 28 heavy (non-hydrogen) atoms. The molecule has 0 bridgehead atoms. The molecule has 150 valence electrons. The third-order valence-electron chi connectivity index (χ3n) is 4.13. The SMILES string of the molecule is CCCn1c(=O)sc2cc(S(=O)(=O)NCc3cccc(OC(C)C)c3)ccc21. The summed E-state index contributed by atoms with van der Waals surface area (Å²) in [6.45, 7) is 6.65. The monoisotopic (exact) mass is 420 g/mol. The molecule has 0 atom stereocenters. The van der Waals surface area contributed by atoms with E-state index in [-0.39, 0.29) is 22.4 Å². The Bertz CT molecular complexity index is 1130. The molecule has 1 aromatic heterocycles. The molecule has 0 fully saturated rings. The van der Waals surface area contributed by atoms with Gasteiger partial charge in [0.25, 0.3) is 0 Å². The number of fused-ring (bicyclic) bond motifs is 1. The zero-order chi connectivity index (χ0) is 20.3. The number of aromatic nitrogens is 1. The fourth-order valence-electron chi connectivity index (χ4n) is 2.91. The molecule has 0 saturated carbocycles. The first-order valence-corrected chi connectivity index (χ1v) is 11.5. The molecule has 1 N–H and O–H groups in total. The van der Waals surface area contributed by atoms with E-state index >= 15 is 0 Å². The van der Waals surface area contributed by atoms with Crippen LogP contribution in [-0.4, -0.2) is 19.1 Å². The van der Waals surface area contributed by atoms with Crippen molar-refractivity contribution in [2.75, 3.05) is 0 Å². The lowest BCUT2D eigenvalue weighted by atomic mass is 10.2. The van der Waals surface area contributed by atoms with Crippen LogP contribution in [0.3, 0.4) is 0 Å². The number of ether oxygens (including phenoxy) is 1. The zero-order valence-electron chi connectivity index (χ0n) is 16.1. The minimum Gasteiger partial charge on any atom is -0.491 e. The average molecular weight is 421 g/mol. The Morgan fingerprint density at radius 2 is 1.96 bits per heavy atom. The number of hydrogen-bond donors (Lipinski definition) is 1. The molecule has 0 aliphatic heterocycles. The molecule has 3 aromatic rings. The van der Waals surface area contributed by atoms with Crippen molar-refractivity contribution in [2.24, 2.45) is 0 Å². The van der Waals surface area contributed by atoms with E-state index < -0.39 is 10.0 Å². The summed E-state index contributed by atoms with van der Waals surface area (Å²) >= 11 is 1.07. The number of nitrogens with one attached hydrogen (secondary N) is 1. The van der Waals surface area contributed by atoms with Gasteiger partial charge in [-0.1, -0.05) is 30.4 Å². The minimum absolute atomic E-state index is 0.0471. The molecule has 1 heterocycles. The summed E-state index contributed by atoms with van der Waals surface area (Å²) in [6.07, 6.45) is 0.887. The van der Waals surface area contributed by atoms with Crippen LogP contribution in [-0.2, 0) is 23.1 Å². The molecule has 3 rings (SSSR count). The van der Waals surface area contributed by atoms with E-state index in [1.807, 2.05) is 45.0 Å². The van der Waals surface area contributed by atoms with Crippen molar-refractivity contribution in [3.05, 3.63) is 57.7 Å². The van der Waals surface area contributed by atoms with Crippen molar-refractivity contribution in [3.8, 4) is 5.75 Å². The quantitative estimate of drug-likeness (QED) is 0.602. The fraction of sp³-hybridized carbons (Fsp3) is 0.350. The van der Waals surface area contributed by atoms with E-state index in [0.29, 0.717) is 17.0 Å². The van der Waals surface area contributed by atoms with E-state index in [9.17, 15) is 13.2 Å². The lowest BCUT2D eigenvalue weighted by molar-refractivity contribution is 0.242. The Hall–Kier alpha value is -2.16. The summed E-state index contributed by atoms with van der Waals surface area (Å²) in [4.78, 5) is 12.2. The van der Waals surface area contributed by atoms with Crippen LogP contribution >= 0.6 is 11.3 Å². The number of sulfonamides is 1. The van der Waals surface area contributed by atoms with Crippen molar-refractivity contribution in [3.63, 3.8) is 0 Å². The Labute approximate surface area is 168 Å². The summed E-state index contributed by atoms with van der Waals surface area (Å²) in [5, 5.41) is 0. The molecule has 6 nitrogen and oxygen atoms in total. The number of aryl methyl sites for hydroxylation is 1. The highest BCUT2D eigenvalue weighted by atomic mass is 32.2. The molecule has 0 radical (unpaired) electrons. The maximum Gasteiger partial charge on any atom is 0.308 e. The largest absolute Gasteiger partial charge is 0.491 e. The Morgan fingerprint density at radius 3 is 2.68 bits per heavy atom. The van der Waals surface area contributed by atoms with Crippen molar-refractivity contribution in [1.29, 1.82) is 0 Å². The normalized spacial score (nSPS) is 12.0. The number of hydrogen-bond acceptors (Lipinski definition) is 5. The lowest BCUT2D eigenvalue weighted by Gasteiger charge is -2.11. The van der Waals surface area contributed by atoms with Crippen molar-refractivity contribution in [2.45, 2.75) is 51.3 Å². The van der Waals surface area contributed by atoms with Gasteiger partial charge in [-0.15, -0.1) is 0 Å². The van der Waals surface area contributed by atoms with Crippen LogP contribution in [0.1, 0.15) is 32.8 Å². The van der Waals surface area contributed by atoms with Crippen molar-refractivity contribution in [1.82, 2.24) is 9.29 Å². The average Bonchev–Trinajstić information content (AvgIpc) is 2.95. The van der Waals surface area contributed by atoms with Crippen molar-refractivity contribution >= 4 is 31.6 Å². The standard InChI is InChI=1S/C20H24N2O4S2/c1-4-10-22-18-9-8-17(12-19(18)27-20(22)23)28(24,25)21-13-15-6-5-7-16(11-15)26-14(2)3/h5-9,11-12,14,21H,4,10,13H2,1-3H3. The molecule has 0 spiro atoms. The van der Waals surface area contributed by atoms with E-state index in [1.54, 1.807) is 22.8 Å². The van der Waals surface area contributed by atoms with Gasteiger partial charge in [-0.2, -0.15) is 0 Å². The van der Waals surface area contributed by atoms with Gasteiger partial charge in [-0.3, -0.25) is 9.36 Å². The second-order valence-corrected chi connectivity index (χ2v) is 9.55. The van der Waals surface area contributed by atoms with Gasteiger partial charge < -0.3 is 4.74 Å². The number of rotatable bonds is 8. The first-order valence-electron chi connectivity index (χ1n) is 9.19. The van der Waals surface area contributed by atoms with Crippen LogP contribution in [0.25, 0.3) is 10.2 Å². The first-order chi connectivity index (χ1) is 13.3. The predicted molar refractivity (Wildman–Crippen MR) is 113 cm³/mol. The number of nitrogens with zero attached hydrogens (tertiary/aromatic N) is 1. The van der Waals surface area contributed by atoms with Gasteiger partial charge in [0, 0.05) is 13.1 Å². The van der Waals surface area contributed by atoms with Crippen LogP contribution < -0.4 is 14.3 Å². The van der Waals surface area contributed by atoms with Gasteiger partial charge in [0.1, 0.15) is 5.75 Å². The maximum atomic E-state index is 12.7. The van der Waals surface area contributed by atoms with E-state index in [4.69, 9.17) is 4.74 Å². The molecule has 0 saturated heterocycles. The second-order valence-electron chi connectivity index (χ2n) is 6.79. The summed E-state index contributed by atoms with van der Waals surface area (Å²) < 4.78 is 36.0. The maximum absolute atomic E-state index is 12.7. The smallest absolute Gasteiger partial charge is 0.308 e. The van der Waals surface area contributed by atoms with E-state index in [0.717, 1.165) is 28.8 Å². The van der Waals surface area contributed by atoms with Crippen LogP contribution in [0.2, 0.25) is 0 Å². The van der Waals surface area contributed by atoms with E-state index in [2.05, 4.69) is 4.72 Å². The van der Waals surface area contributed by atoms with Gasteiger partial charge in [0.2, 0.25) is 10.0 Å². The van der Waals surface area contributed by atoms with Gasteiger partial charge in [-0.05, 0) is 56.2 Å². The Balaban J connectivity index is 1.80. The molecule has 8 heteroatoms. The highest BCUT2D eigenvalue weighted by molar-refractivity contribution is 7.89. The van der Waals surface area contributed by atoms with Crippen LogP contribution in [0, 0.1) is 0 Å². The highest BCUT2D eigenvalue weighted by Gasteiger charge is 2.16. The van der Waals surface area contributed by atoms with Gasteiger partial charge >= 0.3 is 4.87 Å². The van der Waals surface area contributed by atoms with E-state index in [1.165, 1.54) is 0 Å². The predicted octanol–water partition coefficient (Wildman–Crippen LogP) is 3.74. The third-order valence-corrected chi connectivity index (χ3v) is 6.47. The summed E-state index contributed by atoms with van der Waals surface area (Å²) in [6, 6.07) is 12.2. The first kappa shape index (κ1) is 20.6. The summed E-state index contributed by atoms with van der Waals surface area (Å²) in [7, 11) is -3.70. The lowest BCUT2D eigenvalue weighted by Crippen LogP contribution is -2.23.